The molecule has 0 unspecified atom stereocenters. The van der Waals surface area contributed by atoms with E-state index in [1.54, 1.807) is 0 Å². The summed E-state index contributed by atoms with van der Waals surface area (Å²) in [6.45, 7) is 0. The lowest BCUT2D eigenvalue weighted by atomic mass is 10.2. The molecular formula is C12H15Cl2NO4S. The SMILES string of the molecule is COC(=O)c1cc(NS(=O)(=O)CCCCCl)ccc1Cl. The van der Waals surface area contributed by atoms with Gasteiger partial charge in [0.05, 0.1) is 23.4 Å². The molecule has 1 aromatic rings. The Balaban J connectivity index is 2.85. The van der Waals surface area contributed by atoms with Gasteiger partial charge in [0.15, 0.2) is 0 Å². The molecule has 0 aliphatic heterocycles. The highest BCUT2D eigenvalue weighted by Gasteiger charge is 2.14. The minimum Gasteiger partial charge on any atom is -0.465 e. The van der Waals surface area contributed by atoms with Gasteiger partial charge in [0.25, 0.3) is 0 Å². The van der Waals surface area contributed by atoms with Crippen molar-refractivity contribution in [1.82, 2.24) is 0 Å². The summed E-state index contributed by atoms with van der Waals surface area (Å²) in [4.78, 5) is 11.5. The Labute approximate surface area is 128 Å². The van der Waals surface area contributed by atoms with E-state index in [0.717, 1.165) is 0 Å². The van der Waals surface area contributed by atoms with Crippen molar-refractivity contribution in [2.45, 2.75) is 12.8 Å². The predicted molar refractivity (Wildman–Crippen MR) is 80.2 cm³/mol. The fraction of sp³-hybridized carbons (Fsp3) is 0.417. The molecular weight excluding hydrogens is 325 g/mol. The van der Waals surface area contributed by atoms with Crippen LogP contribution in [0.2, 0.25) is 5.02 Å². The van der Waals surface area contributed by atoms with Crippen LogP contribution in [0.5, 0.6) is 0 Å². The minimum absolute atomic E-state index is 0.0318. The number of rotatable bonds is 7. The topological polar surface area (TPSA) is 72.5 Å². The van der Waals surface area contributed by atoms with Gasteiger partial charge in [-0.15, -0.1) is 11.6 Å². The molecule has 0 atom stereocenters. The zero-order chi connectivity index (χ0) is 15.2. The average Bonchev–Trinajstić information content (AvgIpc) is 2.40. The zero-order valence-electron chi connectivity index (χ0n) is 10.9. The average molecular weight is 340 g/mol. The van der Waals surface area contributed by atoms with Crippen LogP contribution < -0.4 is 4.72 Å². The Morgan fingerprint density at radius 2 is 2.05 bits per heavy atom. The maximum absolute atomic E-state index is 11.8. The monoisotopic (exact) mass is 339 g/mol. The number of carbonyl (C=O) groups is 1. The largest absolute Gasteiger partial charge is 0.465 e. The molecule has 0 aromatic heterocycles. The van der Waals surface area contributed by atoms with Gasteiger partial charge in [-0.3, -0.25) is 4.72 Å². The Kier molecular flexibility index (Phi) is 6.58. The molecule has 5 nitrogen and oxygen atoms in total. The summed E-state index contributed by atoms with van der Waals surface area (Å²) in [5.41, 5.74) is 0.371. The van der Waals surface area contributed by atoms with E-state index in [0.29, 0.717) is 18.7 Å². The minimum atomic E-state index is -3.47. The van der Waals surface area contributed by atoms with Crippen molar-refractivity contribution in [1.29, 1.82) is 0 Å². The first-order chi connectivity index (χ1) is 9.39. The number of carbonyl (C=O) groups excluding carboxylic acids is 1. The molecule has 20 heavy (non-hydrogen) atoms. The van der Waals surface area contributed by atoms with Crippen molar-refractivity contribution in [3.05, 3.63) is 28.8 Å². The van der Waals surface area contributed by atoms with Crippen molar-refractivity contribution in [2.75, 3.05) is 23.5 Å². The highest BCUT2D eigenvalue weighted by Crippen LogP contribution is 2.22. The van der Waals surface area contributed by atoms with E-state index in [-0.39, 0.29) is 22.0 Å². The van der Waals surface area contributed by atoms with Crippen LogP contribution in [0.15, 0.2) is 18.2 Å². The summed E-state index contributed by atoms with van der Waals surface area (Å²) in [6, 6.07) is 4.26. The lowest BCUT2D eigenvalue weighted by Crippen LogP contribution is -2.17. The van der Waals surface area contributed by atoms with Crippen LogP contribution in [-0.4, -0.2) is 33.1 Å². The predicted octanol–water partition coefficient (Wildman–Crippen LogP) is 2.89. The number of halogens is 2. The molecule has 0 spiro atoms. The Bertz CT molecular complexity index is 575. The third-order valence-electron chi connectivity index (χ3n) is 2.44. The van der Waals surface area contributed by atoms with Gasteiger partial charge in [-0.2, -0.15) is 0 Å². The maximum atomic E-state index is 11.8. The summed E-state index contributed by atoms with van der Waals surface area (Å²) in [5, 5.41) is 0.196. The standard InChI is InChI=1S/C12H15Cl2NO4S/c1-19-12(16)10-8-9(4-5-11(10)14)15-20(17,18)7-3-2-6-13/h4-5,8,15H,2-3,6-7H2,1H3. The van der Waals surface area contributed by atoms with E-state index in [4.69, 9.17) is 23.2 Å². The molecule has 0 aliphatic carbocycles. The number of anilines is 1. The van der Waals surface area contributed by atoms with E-state index in [1.807, 2.05) is 0 Å². The Morgan fingerprint density at radius 3 is 2.65 bits per heavy atom. The maximum Gasteiger partial charge on any atom is 0.339 e. The van der Waals surface area contributed by atoms with Gasteiger partial charge in [-0.25, -0.2) is 13.2 Å². The van der Waals surface area contributed by atoms with Crippen LogP contribution in [-0.2, 0) is 14.8 Å². The molecule has 0 saturated carbocycles. The summed E-state index contributed by atoms with van der Waals surface area (Å²) >= 11 is 11.3. The second-order valence-corrected chi connectivity index (χ2v) is 6.63. The molecule has 1 rings (SSSR count). The second kappa shape index (κ2) is 7.71. The van der Waals surface area contributed by atoms with E-state index in [1.165, 1.54) is 25.3 Å². The van der Waals surface area contributed by atoms with Crippen molar-refractivity contribution < 1.29 is 17.9 Å². The number of esters is 1. The lowest BCUT2D eigenvalue weighted by Gasteiger charge is -2.09. The molecule has 0 bridgehead atoms. The van der Waals surface area contributed by atoms with E-state index in [9.17, 15) is 13.2 Å². The molecule has 8 heteroatoms. The van der Waals surface area contributed by atoms with Gasteiger partial charge in [-0.1, -0.05) is 11.6 Å². The van der Waals surface area contributed by atoms with Crippen LogP contribution in [0.4, 0.5) is 5.69 Å². The summed E-state index contributed by atoms with van der Waals surface area (Å²) in [5.74, 6) is -0.239. The number of hydrogen-bond donors (Lipinski definition) is 1. The molecule has 0 aliphatic rings. The van der Waals surface area contributed by atoms with E-state index >= 15 is 0 Å². The van der Waals surface area contributed by atoms with Crippen molar-refractivity contribution >= 4 is 44.9 Å². The fourth-order valence-electron chi connectivity index (χ4n) is 1.47. The highest BCUT2D eigenvalue weighted by molar-refractivity contribution is 7.92. The fourth-order valence-corrected chi connectivity index (χ4v) is 3.03. The van der Waals surface area contributed by atoms with E-state index < -0.39 is 16.0 Å². The number of unbranched alkanes of at least 4 members (excludes halogenated alkanes) is 1. The Hall–Kier alpha value is -0.980. The summed E-state index contributed by atoms with van der Waals surface area (Å²) in [7, 11) is -2.25. The van der Waals surface area contributed by atoms with Crippen LogP contribution in [0.3, 0.4) is 0 Å². The van der Waals surface area contributed by atoms with Gasteiger partial charge in [0.2, 0.25) is 10.0 Å². The second-order valence-electron chi connectivity index (χ2n) is 4.00. The summed E-state index contributed by atoms with van der Waals surface area (Å²) in [6.07, 6.45) is 1.09. The third-order valence-corrected chi connectivity index (χ3v) is 4.41. The van der Waals surface area contributed by atoms with Gasteiger partial charge < -0.3 is 4.74 Å². The van der Waals surface area contributed by atoms with Crippen LogP contribution in [0.1, 0.15) is 23.2 Å². The number of benzene rings is 1. The Morgan fingerprint density at radius 1 is 1.35 bits per heavy atom. The smallest absolute Gasteiger partial charge is 0.339 e. The first-order valence-corrected chi connectivity index (χ1v) is 8.40. The first kappa shape index (κ1) is 17.1. The molecule has 0 heterocycles. The number of ether oxygens (including phenoxy) is 1. The normalized spacial score (nSPS) is 11.2. The number of methoxy groups -OCH3 is 1. The number of sulfonamides is 1. The van der Waals surface area contributed by atoms with Gasteiger partial charge in [0, 0.05) is 11.6 Å². The molecule has 0 saturated heterocycles. The molecule has 1 N–H and O–H groups in total. The quantitative estimate of drug-likeness (QED) is 0.471. The lowest BCUT2D eigenvalue weighted by molar-refractivity contribution is 0.0601. The van der Waals surface area contributed by atoms with Gasteiger partial charge in [0.1, 0.15) is 0 Å². The molecule has 112 valence electrons. The third kappa shape index (κ3) is 5.19. The number of hydrogen-bond acceptors (Lipinski definition) is 4. The van der Waals surface area contributed by atoms with Crippen molar-refractivity contribution in [3.8, 4) is 0 Å². The first-order valence-electron chi connectivity index (χ1n) is 5.84. The van der Waals surface area contributed by atoms with Gasteiger partial charge >= 0.3 is 5.97 Å². The summed E-state index contributed by atoms with van der Waals surface area (Å²) < 4.78 is 30.6. The number of alkyl halides is 1. The zero-order valence-corrected chi connectivity index (χ0v) is 13.2. The molecule has 1 aromatic carbocycles. The van der Waals surface area contributed by atoms with Crippen LogP contribution in [0.25, 0.3) is 0 Å². The van der Waals surface area contributed by atoms with Crippen molar-refractivity contribution in [3.63, 3.8) is 0 Å². The molecule has 0 amide bonds. The highest BCUT2D eigenvalue weighted by atomic mass is 35.5. The van der Waals surface area contributed by atoms with Crippen LogP contribution >= 0.6 is 23.2 Å². The van der Waals surface area contributed by atoms with Crippen LogP contribution in [0, 0.1) is 0 Å². The van der Waals surface area contributed by atoms with E-state index in [2.05, 4.69) is 9.46 Å². The molecule has 0 fully saturated rings. The molecule has 0 radical (unpaired) electrons. The van der Waals surface area contributed by atoms with Crippen molar-refractivity contribution in [2.24, 2.45) is 0 Å². The number of nitrogens with one attached hydrogen (secondary N) is 1. The van der Waals surface area contributed by atoms with Gasteiger partial charge in [-0.05, 0) is 31.0 Å².